The van der Waals surface area contributed by atoms with E-state index in [2.05, 4.69) is 15.5 Å². The van der Waals surface area contributed by atoms with Crippen LogP contribution in [-0.4, -0.2) is 27.9 Å². The van der Waals surface area contributed by atoms with E-state index in [1.165, 1.54) is 12.4 Å². The van der Waals surface area contributed by atoms with E-state index in [-0.39, 0.29) is 17.0 Å². The molecule has 144 valence electrons. The summed E-state index contributed by atoms with van der Waals surface area (Å²) in [5, 5.41) is 12.3. The first kappa shape index (κ1) is 17.7. The van der Waals surface area contributed by atoms with Crippen LogP contribution in [0.25, 0.3) is 10.8 Å². The van der Waals surface area contributed by atoms with E-state index < -0.39 is 11.8 Å². The Morgan fingerprint density at radius 1 is 0.767 bits per heavy atom. The summed E-state index contributed by atoms with van der Waals surface area (Å²) in [6.07, 6.45) is 2.56. The molecule has 1 N–H and O–H groups in total. The summed E-state index contributed by atoms with van der Waals surface area (Å²) in [5.74, 6) is -1.20. The van der Waals surface area contributed by atoms with Crippen molar-refractivity contribution in [3.63, 3.8) is 0 Å². The average Bonchev–Trinajstić information content (AvgIpc) is 3.04. The highest BCUT2D eigenvalue weighted by atomic mass is 16.2. The monoisotopic (exact) mass is 394 g/mol. The molecule has 7 heteroatoms. The maximum Gasteiger partial charge on any atom is 0.267 e. The van der Waals surface area contributed by atoms with Crippen LogP contribution >= 0.6 is 0 Å². The van der Waals surface area contributed by atoms with Crippen LogP contribution < -0.4 is 10.2 Å². The molecule has 30 heavy (non-hydrogen) atoms. The Kier molecular flexibility index (Phi) is 4.07. The molecule has 1 aliphatic rings. The van der Waals surface area contributed by atoms with Gasteiger partial charge in [0, 0.05) is 11.3 Å². The van der Waals surface area contributed by atoms with Gasteiger partial charge in [0.1, 0.15) is 0 Å². The van der Waals surface area contributed by atoms with Crippen LogP contribution in [0, 0.1) is 0 Å². The SMILES string of the molecule is O=C(Nc1ccc2ccccc2c1)c1ccc(N2C(=O)c3cnncc3C2=O)cc1. The number of nitrogens with one attached hydrogen (secondary N) is 1. The number of hydrogen-bond acceptors (Lipinski definition) is 5. The lowest BCUT2D eigenvalue weighted by atomic mass is 10.1. The second-order valence-corrected chi connectivity index (χ2v) is 6.83. The number of aromatic nitrogens is 2. The third kappa shape index (κ3) is 2.89. The highest BCUT2D eigenvalue weighted by Gasteiger charge is 2.37. The normalized spacial score (nSPS) is 12.9. The molecule has 5 rings (SSSR count). The van der Waals surface area contributed by atoms with Gasteiger partial charge in [-0.15, -0.1) is 0 Å². The summed E-state index contributed by atoms with van der Waals surface area (Å²) >= 11 is 0. The fraction of sp³-hybridized carbons (Fsp3) is 0. The standard InChI is InChI=1S/C23H14N4O3/c28-21(26-17-8-5-14-3-1-2-4-16(14)11-17)15-6-9-18(10-7-15)27-22(29)19-12-24-25-13-20(19)23(27)30/h1-13H,(H,26,28). The highest BCUT2D eigenvalue weighted by molar-refractivity contribution is 6.34. The Morgan fingerprint density at radius 3 is 2.07 bits per heavy atom. The molecule has 0 aliphatic carbocycles. The number of carbonyl (C=O) groups is 3. The van der Waals surface area contributed by atoms with Gasteiger partial charge in [0.25, 0.3) is 17.7 Å². The number of imide groups is 1. The lowest BCUT2D eigenvalue weighted by Crippen LogP contribution is -2.29. The van der Waals surface area contributed by atoms with E-state index in [4.69, 9.17) is 0 Å². The zero-order valence-electron chi connectivity index (χ0n) is 15.6. The molecule has 3 aromatic carbocycles. The average molecular weight is 394 g/mol. The molecular weight excluding hydrogens is 380 g/mol. The largest absolute Gasteiger partial charge is 0.322 e. The zero-order valence-corrected chi connectivity index (χ0v) is 15.6. The molecule has 0 fully saturated rings. The Bertz CT molecular complexity index is 1300. The Labute approximate surface area is 171 Å². The van der Waals surface area contributed by atoms with Gasteiger partial charge in [0.15, 0.2) is 0 Å². The van der Waals surface area contributed by atoms with Gasteiger partial charge in [0.05, 0.1) is 29.2 Å². The number of carbonyl (C=O) groups excluding carboxylic acids is 3. The lowest BCUT2D eigenvalue weighted by molar-refractivity contribution is 0.0925. The minimum Gasteiger partial charge on any atom is -0.322 e. The minimum atomic E-state index is -0.460. The number of rotatable bonds is 3. The molecule has 1 aliphatic heterocycles. The van der Waals surface area contributed by atoms with E-state index in [9.17, 15) is 14.4 Å². The molecular formula is C23H14N4O3. The maximum absolute atomic E-state index is 12.6. The molecule has 3 amide bonds. The molecule has 0 radical (unpaired) electrons. The van der Waals surface area contributed by atoms with Crippen molar-refractivity contribution in [1.82, 2.24) is 10.2 Å². The molecule has 7 nitrogen and oxygen atoms in total. The molecule has 0 spiro atoms. The van der Waals surface area contributed by atoms with Gasteiger partial charge < -0.3 is 5.32 Å². The van der Waals surface area contributed by atoms with Crippen molar-refractivity contribution in [3.05, 3.63) is 95.8 Å². The first-order valence-corrected chi connectivity index (χ1v) is 9.21. The molecule has 2 heterocycles. The number of fused-ring (bicyclic) bond motifs is 2. The Hall–Kier alpha value is -4.39. The summed E-state index contributed by atoms with van der Waals surface area (Å²) in [6, 6.07) is 19.9. The fourth-order valence-electron chi connectivity index (χ4n) is 3.46. The topological polar surface area (TPSA) is 92.3 Å². The summed E-state index contributed by atoms with van der Waals surface area (Å²) in [4.78, 5) is 38.7. The number of benzene rings is 3. The Morgan fingerprint density at radius 2 is 1.40 bits per heavy atom. The van der Waals surface area contributed by atoms with Crippen LogP contribution in [0.15, 0.2) is 79.1 Å². The first-order valence-electron chi connectivity index (χ1n) is 9.21. The third-order valence-electron chi connectivity index (χ3n) is 4.99. The Balaban J connectivity index is 1.36. The number of nitrogens with zero attached hydrogens (tertiary/aromatic N) is 3. The minimum absolute atomic E-state index is 0.216. The van der Waals surface area contributed by atoms with Crippen LogP contribution in [-0.2, 0) is 0 Å². The van der Waals surface area contributed by atoms with Crippen molar-refractivity contribution in [3.8, 4) is 0 Å². The van der Waals surface area contributed by atoms with E-state index >= 15 is 0 Å². The van der Waals surface area contributed by atoms with Crippen LogP contribution in [0.1, 0.15) is 31.1 Å². The number of amides is 3. The molecule has 4 aromatic rings. The predicted octanol–water partition coefficient (Wildman–Crippen LogP) is 3.68. The summed E-state index contributed by atoms with van der Waals surface area (Å²) in [7, 11) is 0. The third-order valence-corrected chi connectivity index (χ3v) is 4.99. The second-order valence-electron chi connectivity index (χ2n) is 6.83. The second kappa shape index (κ2) is 6.89. The highest BCUT2D eigenvalue weighted by Crippen LogP contribution is 2.27. The van der Waals surface area contributed by atoms with Crippen molar-refractivity contribution in [2.24, 2.45) is 0 Å². The fourth-order valence-corrected chi connectivity index (χ4v) is 3.46. The molecule has 0 bridgehead atoms. The van der Waals surface area contributed by atoms with Crippen molar-refractivity contribution >= 4 is 39.9 Å². The molecule has 0 unspecified atom stereocenters. The molecule has 0 atom stereocenters. The first-order chi connectivity index (χ1) is 14.6. The van der Waals surface area contributed by atoms with E-state index in [1.54, 1.807) is 24.3 Å². The lowest BCUT2D eigenvalue weighted by Gasteiger charge is -2.14. The van der Waals surface area contributed by atoms with Gasteiger partial charge >= 0.3 is 0 Å². The van der Waals surface area contributed by atoms with Crippen molar-refractivity contribution in [2.45, 2.75) is 0 Å². The van der Waals surface area contributed by atoms with Gasteiger partial charge in [-0.3, -0.25) is 14.4 Å². The predicted molar refractivity (Wildman–Crippen MR) is 112 cm³/mol. The number of hydrogen-bond donors (Lipinski definition) is 1. The van der Waals surface area contributed by atoms with Crippen LogP contribution in [0.2, 0.25) is 0 Å². The van der Waals surface area contributed by atoms with Crippen molar-refractivity contribution in [2.75, 3.05) is 10.2 Å². The van der Waals surface area contributed by atoms with Gasteiger partial charge in [0.2, 0.25) is 0 Å². The van der Waals surface area contributed by atoms with E-state index in [1.807, 2.05) is 42.5 Å². The molecule has 0 saturated heterocycles. The summed E-state index contributed by atoms with van der Waals surface area (Å²) in [6.45, 7) is 0. The summed E-state index contributed by atoms with van der Waals surface area (Å²) in [5.41, 5.74) is 1.90. The van der Waals surface area contributed by atoms with E-state index in [0.29, 0.717) is 16.9 Å². The van der Waals surface area contributed by atoms with Gasteiger partial charge in [-0.05, 0) is 47.2 Å². The van der Waals surface area contributed by atoms with Crippen LogP contribution in [0.3, 0.4) is 0 Å². The van der Waals surface area contributed by atoms with E-state index in [0.717, 1.165) is 15.7 Å². The van der Waals surface area contributed by atoms with Gasteiger partial charge in [-0.2, -0.15) is 10.2 Å². The maximum atomic E-state index is 12.6. The quantitative estimate of drug-likeness (QED) is 0.535. The van der Waals surface area contributed by atoms with Crippen LogP contribution in [0.5, 0.6) is 0 Å². The van der Waals surface area contributed by atoms with Crippen molar-refractivity contribution in [1.29, 1.82) is 0 Å². The van der Waals surface area contributed by atoms with Crippen molar-refractivity contribution < 1.29 is 14.4 Å². The molecule has 1 aromatic heterocycles. The molecule has 0 saturated carbocycles. The zero-order chi connectivity index (χ0) is 20.7. The van der Waals surface area contributed by atoms with Gasteiger partial charge in [-0.25, -0.2) is 4.90 Å². The summed E-state index contributed by atoms with van der Waals surface area (Å²) < 4.78 is 0. The van der Waals surface area contributed by atoms with Crippen LogP contribution in [0.4, 0.5) is 11.4 Å². The smallest absolute Gasteiger partial charge is 0.267 e. The van der Waals surface area contributed by atoms with Gasteiger partial charge in [-0.1, -0.05) is 30.3 Å². The number of anilines is 2.